The van der Waals surface area contributed by atoms with E-state index in [1.165, 1.54) is 10.4 Å². The second kappa shape index (κ2) is 6.75. The number of hydrogen-bond acceptors (Lipinski definition) is 2. The number of hydrogen-bond donors (Lipinski definition) is 0. The van der Waals surface area contributed by atoms with Crippen LogP contribution in [0.3, 0.4) is 0 Å². The first-order valence-corrected chi connectivity index (χ1v) is 10.2. The smallest absolute Gasteiger partial charge is 0.263 e. The van der Waals surface area contributed by atoms with Gasteiger partial charge < -0.3 is 8.99 Å². The Labute approximate surface area is 145 Å². The lowest BCUT2D eigenvalue weighted by atomic mass is 10.2. The molecule has 4 heteroatoms. The summed E-state index contributed by atoms with van der Waals surface area (Å²) in [7, 11) is -2.45. The van der Waals surface area contributed by atoms with Crippen LogP contribution in [0.25, 0.3) is 0 Å². The van der Waals surface area contributed by atoms with E-state index in [4.69, 9.17) is 4.43 Å². The van der Waals surface area contributed by atoms with Gasteiger partial charge in [0.2, 0.25) is 0 Å². The summed E-state index contributed by atoms with van der Waals surface area (Å²) in [5.74, 6) is 0. The van der Waals surface area contributed by atoms with Crippen molar-refractivity contribution in [1.82, 2.24) is 9.55 Å². The Balaban J connectivity index is 2.13. The van der Waals surface area contributed by atoms with E-state index in [9.17, 15) is 0 Å². The summed E-state index contributed by atoms with van der Waals surface area (Å²) in [4.78, 5) is 4.13. The Bertz CT molecular complexity index is 710. The van der Waals surface area contributed by atoms with Crippen LogP contribution >= 0.6 is 0 Å². The molecule has 0 aliphatic heterocycles. The number of aromatic nitrogens is 2. The van der Waals surface area contributed by atoms with E-state index < -0.39 is 8.32 Å². The SMILES string of the molecule is CC(C)(C)[Si](OCn1ccnc1)(c1ccccc1)c1ccccc1. The van der Waals surface area contributed by atoms with Crippen molar-refractivity contribution in [3.8, 4) is 0 Å². The highest BCUT2D eigenvalue weighted by Crippen LogP contribution is 2.36. The van der Waals surface area contributed by atoms with Gasteiger partial charge in [-0.1, -0.05) is 81.4 Å². The lowest BCUT2D eigenvalue weighted by Gasteiger charge is -2.43. The molecule has 3 aromatic rings. The zero-order valence-corrected chi connectivity index (χ0v) is 15.5. The van der Waals surface area contributed by atoms with Crippen LogP contribution in [-0.4, -0.2) is 17.9 Å². The van der Waals surface area contributed by atoms with Crippen LogP contribution in [-0.2, 0) is 11.2 Å². The van der Waals surface area contributed by atoms with E-state index in [2.05, 4.69) is 86.4 Å². The molecule has 0 amide bonds. The minimum absolute atomic E-state index is 0.00368. The fraction of sp³-hybridized carbons (Fsp3) is 0.250. The summed E-state index contributed by atoms with van der Waals surface area (Å²) in [5, 5.41) is 2.59. The Kier molecular flexibility index (Phi) is 4.69. The summed E-state index contributed by atoms with van der Waals surface area (Å²) in [6.07, 6.45) is 5.53. The molecule has 124 valence electrons. The first-order chi connectivity index (χ1) is 11.5. The number of rotatable bonds is 5. The number of nitrogens with zero attached hydrogens (tertiary/aromatic N) is 2. The van der Waals surface area contributed by atoms with Crippen LogP contribution < -0.4 is 10.4 Å². The third-order valence-corrected chi connectivity index (χ3v) is 9.37. The molecular weight excluding hydrogens is 312 g/mol. The van der Waals surface area contributed by atoms with E-state index in [-0.39, 0.29) is 5.04 Å². The summed E-state index contributed by atoms with van der Waals surface area (Å²) in [5.41, 5.74) is 0. The van der Waals surface area contributed by atoms with Gasteiger partial charge in [0.1, 0.15) is 6.73 Å². The molecule has 0 saturated heterocycles. The molecule has 1 aromatic heterocycles. The monoisotopic (exact) mass is 336 g/mol. The van der Waals surface area contributed by atoms with Crippen molar-refractivity contribution in [3.05, 3.63) is 79.4 Å². The Hall–Kier alpha value is -2.17. The van der Waals surface area contributed by atoms with Crippen molar-refractivity contribution >= 4 is 18.7 Å². The number of imidazole rings is 1. The van der Waals surface area contributed by atoms with Gasteiger partial charge in [-0.25, -0.2) is 4.98 Å². The van der Waals surface area contributed by atoms with Gasteiger partial charge in [0.15, 0.2) is 0 Å². The summed E-state index contributed by atoms with van der Waals surface area (Å²) < 4.78 is 8.76. The largest absolute Gasteiger partial charge is 0.390 e. The first-order valence-electron chi connectivity index (χ1n) is 8.25. The van der Waals surface area contributed by atoms with Gasteiger partial charge in [-0.15, -0.1) is 0 Å². The molecule has 3 rings (SSSR count). The number of benzene rings is 2. The average molecular weight is 337 g/mol. The minimum atomic E-state index is -2.45. The maximum atomic E-state index is 6.77. The molecule has 0 fully saturated rings. The molecule has 0 aliphatic rings. The summed E-state index contributed by atoms with van der Waals surface area (Å²) >= 11 is 0. The maximum absolute atomic E-state index is 6.77. The van der Waals surface area contributed by atoms with E-state index in [1.807, 2.05) is 10.8 Å². The van der Waals surface area contributed by atoms with Gasteiger partial charge in [-0.2, -0.15) is 0 Å². The predicted molar refractivity (Wildman–Crippen MR) is 101 cm³/mol. The molecule has 0 bridgehead atoms. The van der Waals surface area contributed by atoms with Crippen LogP contribution in [0, 0.1) is 0 Å². The molecule has 0 atom stereocenters. The summed E-state index contributed by atoms with van der Waals surface area (Å²) in [6.45, 7) is 7.36. The molecule has 3 nitrogen and oxygen atoms in total. The normalized spacial score (nSPS) is 12.3. The molecule has 24 heavy (non-hydrogen) atoms. The fourth-order valence-corrected chi connectivity index (χ4v) is 7.79. The van der Waals surface area contributed by atoms with Gasteiger partial charge in [0.25, 0.3) is 8.32 Å². The second-order valence-corrected chi connectivity index (χ2v) is 11.3. The van der Waals surface area contributed by atoms with Gasteiger partial charge in [0, 0.05) is 12.4 Å². The third-order valence-electron chi connectivity index (χ3n) is 4.41. The molecular formula is C20H24N2OSi. The molecule has 1 heterocycles. The molecule has 0 aliphatic carbocycles. The zero-order valence-electron chi connectivity index (χ0n) is 14.5. The average Bonchev–Trinajstić information content (AvgIpc) is 3.10. The van der Waals surface area contributed by atoms with Crippen LogP contribution in [0.5, 0.6) is 0 Å². The standard InChI is InChI=1S/C20H24N2OSi/c1-20(2,3)24(18-10-6-4-7-11-18,19-12-8-5-9-13-19)23-17-22-15-14-21-16-22/h4-16H,17H2,1-3H3. The zero-order chi connectivity index (χ0) is 17.0. The second-order valence-electron chi connectivity index (χ2n) is 7.01. The molecule has 0 N–H and O–H groups in total. The molecule has 0 unspecified atom stereocenters. The lowest BCUT2D eigenvalue weighted by Crippen LogP contribution is -2.66. The third kappa shape index (κ3) is 3.07. The topological polar surface area (TPSA) is 27.1 Å². The van der Waals surface area contributed by atoms with Crippen LogP contribution in [0.1, 0.15) is 20.8 Å². The van der Waals surface area contributed by atoms with Crippen molar-refractivity contribution in [2.24, 2.45) is 0 Å². The van der Waals surface area contributed by atoms with E-state index in [0.717, 1.165) is 0 Å². The van der Waals surface area contributed by atoms with Crippen molar-refractivity contribution in [2.45, 2.75) is 32.5 Å². The Morgan fingerprint density at radius 2 is 1.46 bits per heavy atom. The van der Waals surface area contributed by atoms with E-state index in [1.54, 1.807) is 12.5 Å². The highest BCUT2D eigenvalue weighted by molar-refractivity contribution is 6.99. The summed E-state index contributed by atoms with van der Waals surface area (Å²) in [6, 6.07) is 21.4. The maximum Gasteiger partial charge on any atom is 0.263 e. The van der Waals surface area contributed by atoms with Gasteiger partial charge in [0.05, 0.1) is 6.33 Å². The fourth-order valence-electron chi connectivity index (χ4n) is 3.30. The molecule has 2 aromatic carbocycles. The van der Waals surface area contributed by atoms with Crippen molar-refractivity contribution < 1.29 is 4.43 Å². The van der Waals surface area contributed by atoms with Crippen LogP contribution in [0.15, 0.2) is 79.4 Å². The lowest BCUT2D eigenvalue weighted by molar-refractivity contribution is 0.220. The Morgan fingerprint density at radius 3 is 1.88 bits per heavy atom. The predicted octanol–water partition coefficient (Wildman–Crippen LogP) is 3.42. The van der Waals surface area contributed by atoms with Crippen LogP contribution in [0.4, 0.5) is 0 Å². The quantitative estimate of drug-likeness (QED) is 0.668. The molecule has 0 spiro atoms. The van der Waals surface area contributed by atoms with E-state index in [0.29, 0.717) is 6.73 Å². The van der Waals surface area contributed by atoms with Gasteiger partial charge in [-0.05, 0) is 15.4 Å². The van der Waals surface area contributed by atoms with Crippen molar-refractivity contribution in [3.63, 3.8) is 0 Å². The van der Waals surface area contributed by atoms with Crippen molar-refractivity contribution in [2.75, 3.05) is 0 Å². The Morgan fingerprint density at radius 1 is 0.917 bits per heavy atom. The highest BCUT2D eigenvalue weighted by Gasteiger charge is 2.50. The minimum Gasteiger partial charge on any atom is -0.390 e. The molecule has 0 saturated carbocycles. The van der Waals surface area contributed by atoms with Crippen molar-refractivity contribution in [1.29, 1.82) is 0 Å². The molecule has 0 radical (unpaired) electrons. The van der Waals surface area contributed by atoms with Crippen LogP contribution in [0.2, 0.25) is 5.04 Å². The van der Waals surface area contributed by atoms with Gasteiger partial charge >= 0.3 is 0 Å². The first kappa shape index (κ1) is 16.7. The van der Waals surface area contributed by atoms with Gasteiger partial charge in [-0.3, -0.25) is 0 Å². The van der Waals surface area contributed by atoms with E-state index >= 15 is 0 Å². The highest BCUT2D eigenvalue weighted by atomic mass is 28.4.